The predicted molar refractivity (Wildman–Crippen MR) is 119 cm³/mol. The van der Waals surface area contributed by atoms with Gasteiger partial charge in [-0.1, -0.05) is 68.4 Å². The van der Waals surface area contributed by atoms with E-state index < -0.39 is 0 Å². The summed E-state index contributed by atoms with van der Waals surface area (Å²) in [6.07, 6.45) is 0. The Balaban J connectivity index is 1.78. The summed E-state index contributed by atoms with van der Waals surface area (Å²) in [4.78, 5) is 0. The molecule has 140 valence electrons. The van der Waals surface area contributed by atoms with Gasteiger partial charge in [0.25, 0.3) is 0 Å². The largest absolute Gasteiger partial charge is 0.538 e. The number of benzene rings is 4. The van der Waals surface area contributed by atoms with Crippen LogP contribution in [0.3, 0.4) is 0 Å². The van der Waals surface area contributed by atoms with Crippen LogP contribution in [-0.2, 0) is 5.41 Å². The first-order chi connectivity index (χ1) is 14.1. The van der Waals surface area contributed by atoms with Crippen molar-refractivity contribution in [2.45, 2.75) is 19.3 Å². The highest BCUT2D eigenvalue weighted by atomic mass is 16.5. The summed E-state index contributed by atoms with van der Waals surface area (Å²) < 4.78 is 12.1. The van der Waals surface area contributed by atoms with Gasteiger partial charge in [0.2, 0.25) is 0 Å². The second-order valence-electron chi connectivity index (χ2n) is 8.21. The molecule has 0 aliphatic heterocycles. The molecule has 6 rings (SSSR count). The highest BCUT2D eigenvalue weighted by Gasteiger charge is 2.38. The van der Waals surface area contributed by atoms with Gasteiger partial charge in [0.05, 0.1) is 0 Å². The van der Waals surface area contributed by atoms with E-state index in [0.717, 1.165) is 32.7 Å². The lowest BCUT2D eigenvalue weighted by molar-refractivity contribution is 0.457. The Bertz CT molecular complexity index is 1450. The van der Waals surface area contributed by atoms with Gasteiger partial charge < -0.3 is 14.1 Å². The van der Waals surface area contributed by atoms with E-state index >= 15 is 0 Å². The van der Waals surface area contributed by atoms with Crippen LogP contribution in [0.5, 0.6) is 5.75 Å². The maximum atomic E-state index is 9.37. The van der Waals surface area contributed by atoms with Crippen LogP contribution in [0.2, 0.25) is 0 Å². The summed E-state index contributed by atoms with van der Waals surface area (Å²) >= 11 is 0. The minimum Gasteiger partial charge on any atom is -0.538 e. The number of hydrogen-bond acceptors (Lipinski definition) is 3. The Morgan fingerprint density at radius 1 is 0.793 bits per heavy atom. The lowest BCUT2D eigenvalue weighted by atomic mass is 9.82. The monoisotopic (exact) mass is 378 g/mol. The van der Waals surface area contributed by atoms with Crippen LogP contribution >= 0.6 is 0 Å². The third-order valence-corrected chi connectivity index (χ3v) is 6.34. The maximum Gasteiger partial charge on any atom is 0.504 e. The molecule has 1 aromatic heterocycles. The van der Waals surface area contributed by atoms with Gasteiger partial charge in [-0.2, -0.15) is 0 Å². The van der Waals surface area contributed by atoms with Crippen LogP contribution in [0.25, 0.3) is 43.8 Å². The first kappa shape index (κ1) is 16.7. The van der Waals surface area contributed by atoms with E-state index in [1.54, 1.807) is 0 Å². The molecule has 0 amide bonds. The van der Waals surface area contributed by atoms with E-state index in [2.05, 4.69) is 50.2 Å². The molecule has 4 aromatic carbocycles. The molecule has 0 spiro atoms. The molecule has 4 heteroatoms. The summed E-state index contributed by atoms with van der Waals surface area (Å²) in [6.45, 7) is 4.53. The van der Waals surface area contributed by atoms with Crippen molar-refractivity contribution < 1.29 is 14.1 Å². The molecule has 0 saturated carbocycles. The van der Waals surface area contributed by atoms with E-state index in [1.807, 2.05) is 30.3 Å². The van der Waals surface area contributed by atoms with Crippen molar-refractivity contribution in [3.8, 4) is 16.9 Å². The number of fused-ring (bicyclic) bond motifs is 9. The van der Waals surface area contributed by atoms with Crippen molar-refractivity contribution in [1.82, 2.24) is 0 Å². The average Bonchev–Trinajstić information content (AvgIpc) is 3.22. The SMILES string of the molecule is CC1(C)c2ccccc2-c2ccc3c(oc4c5ccccc5c(OBO)cc34)c21. The van der Waals surface area contributed by atoms with Crippen molar-refractivity contribution >= 4 is 40.4 Å². The molecule has 0 atom stereocenters. The van der Waals surface area contributed by atoms with Gasteiger partial charge in [0.15, 0.2) is 0 Å². The molecule has 1 N–H and O–H groups in total. The quantitative estimate of drug-likeness (QED) is 0.402. The fourth-order valence-electron chi connectivity index (χ4n) is 5.06. The highest BCUT2D eigenvalue weighted by molar-refractivity contribution is 6.21. The van der Waals surface area contributed by atoms with Gasteiger partial charge in [0, 0.05) is 32.5 Å². The average molecular weight is 378 g/mol. The van der Waals surface area contributed by atoms with Crippen LogP contribution in [-0.4, -0.2) is 12.7 Å². The zero-order chi connectivity index (χ0) is 19.8. The first-order valence-corrected chi connectivity index (χ1v) is 9.86. The van der Waals surface area contributed by atoms with Crippen LogP contribution in [0.4, 0.5) is 0 Å². The molecule has 0 radical (unpaired) electrons. The fraction of sp³-hybridized carbons (Fsp3) is 0.120. The van der Waals surface area contributed by atoms with Crippen molar-refractivity contribution in [1.29, 1.82) is 0 Å². The normalized spacial score (nSPS) is 14.3. The van der Waals surface area contributed by atoms with Crippen molar-refractivity contribution in [2.75, 3.05) is 0 Å². The minimum absolute atomic E-state index is 0.139. The summed E-state index contributed by atoms with van der Waals surface area (Å²) in [7, 11) is -0.358. The Morgan fingerprint density at radius 3 is 2.34 bits per heavy atom. The van der Waals surface area contributed by atoms with Crippen LogP contribution < -0.4 is 4.65 Å². The fourth-order valence-corrected chi connectivity index (χ4v) is 5.06. The van der Waals surface area contributed by atoms with Crippen molar-refractivity contribution in [2.24, 2.45) is 0 Å². The molecule has 0 unspecified atom stereocenters. The Hall–Kier alpha value is -3.24. The second kappa shape index (κ2) is 5.65. The lowest BCUT2D eigenvalue weighted by Gasteiger charge is -2.21. The highest BCUT2D eigenvalue weighted by Crippen LogP contribution is 2.53. The standard InChI is InChI=1S/C25H19BO3/c1-25(2)20-10-6-5-7-14(20)16-11-12-18-19-13-21(29-26-27)15-8-3-4-9-17(15)23(19)28-24(18)22(16)25/h3-13,26-27H,1-2H3. The van der Waals surface area contributed by atoms with Crippen LogP contribution in [0, 0.1) is 0 Å². The molecule has 0 bridgehead atoms. The molecule has 0 fully saturated rings. The third kappa shape index (κ3) is 2.07. The predicted octanol–water partition coefficient (Wildman–Crippen LogP) is 5.68. The molecular formula is C25H19BO3. The van der Waals surface area contributed by atoms with Crippen LogP contribution in [0.1, 0.15) is 25.0 Å². The summed E-state index contributed by atoms with van der Waals surface area (Å²) in [6, 6.07) is 23.0. The first-order valence-electron chi connectivity index (χ1n) is 9.86. The molecule has 1 aliphatic rings. The second-order valence-corrected chi connectivity index (χ2v) is 8.21. The van der Waals surface area contributed by atoms with Gasteiger partial charge in [-0.05, 0) is 28.8 Å². The number of hydrogen-bond donors (Lipinski definition) is 1. The van der Waals surface area contributed by atoms with E-state index in [0.29, 0.717) is 5.75 Å². The number of furan rings is 1. The van der Waals surface area contributed by atoms with Crippen molar-refractivity contribution in [3.05, 3.63) is 77.9 Å². The topological polar surface area (TPSA) is 42.6 Å². The summed E-state index contributed by atoms with van der Waals surface area (Å²) in [5, 5.41) is 13.4. The van der Waals surface area contributed by atoms with Crippen molar-refractivity contribution in [3.63, 3.8) is 0 Å². The van der Waals surface area contributed by atoms with Gasteiger partial charge >= 0.3 is 7.69 Å². The summed E-state index contributed by atoms with van der Waals surface area (Å²) in [5.41, 5.74) is 6.75. The molecule has 0 saturated heterocycles. The molecule has 1 heterocycles. The van der Waals surface area contributed by atoms with Gasteiger partial charge in [-0.25, -0.2) is 0 Å². The molecule has 1 aliphatic carbocycles. The van der Waals surface area contributed by atoms with Gasteiger partial charge in [-0.3, -0.25) is 0 Å². The van der Waals surface area contributed by atoms with Gasteiger partial charge in [0.1, 0.15) is 16.9 Å². The smallest absolute Gasteiger partial charge is 0.504 e. The Labute approximate surface area is 168 Å². The Kier molecular flexibility index (Phi) is 3.25. The molecule has 29 heavy (non-hydrogen) atoms. The molecule has 3 nitrogen and oxygen atoms in total. The third-order valence-electron chi connectivity index (χ3n) is 6.34. The zero-order valence-electron chi connectivity index (χ0n) is 16.3. The Morgan fingerprint density at radius 2 is 1.52 bits per heavy atom. The van der Waals surface area contributed by atoms with E-state index in [4.69, 9.17) is 9.07 Å². The number of rotatable bonds is 2. The van der Waals surface area contributed by atoms with Gasteiger partial charge in [-0.15, -0.1) is 0 Å². The minimum atomic E-state index is -0.358. The summed E-state index contributed by atoms with van der Waals surface area (Å²) in [5.74, 6) is 0.668. The molecule has 5 aromatic rings. The lowest BCUT2D eigenvalue weighted by Crippen LogP contribution is -2.15. The van der Waals surface area contributed by atoms with E-state index in [-0.39, 0.29) is 13.1 Å². The molecular weight excluding hydrogens is 359 g/mol. The van der Waals surface area contributed by atoms with Crippen LogP contribution in [0.15, 0.2) is 71.1 Å². The van der Waals surface area contributed by atoms with E-state index in [1.165, 1.54) is 22.3 Å². The maximum absolute atomic E-state index is 9.37. The van der Waals surface area contributed by atoms with E-state index in [9.17, 15) is 5.02 Å². The zero-order valence-corrected chi connectivity index (χ0v) is 16.3.